The first kappa shape index (κ1) is 18.6. The second-order valence-electron chi connectivity index (χ2n) is 7.55. The van der Waals surface area contributed by atoms with Crippen LogP contribution in [-0.2, 0) is 23.0 Å². The van der Waals surface area contributed by atoms with Crippen LogP contribution in [0.5, 0.6) is 0 Å². The molecule has 3 nitrogen and oxygen atoms in total. The van der Waals surface area contributed by atoms with Crippen LogP contribution in [0.1, 0.15) is 41.6 Å². The van der Waals surface area contributed by atoms with Gasteiger partial charge in [0.25, 0.3) is 0 Å². The Hall–Kier alpha value is -2.41. The van der Waals surface area contributed by atoms with Crippen LogP contribution in [-0.4, -0.2) is 10.7 Å². The van der Waals surface area contributed by atoms with Gasteiger partial charge in [0.2, 0.25) is 0 Å². The van der Waals surface area contributed by atoms with Crippen molar-refractivity contribution in [3.63, 3.8) is 0 Å². The molecule has 29 heavy (non-hydrogen) atoms. The van der Waals surface area contributed by atoms with Gasteiger partial charge in [-0.05, 0) is 61.2 Å². The normalized spacial score (nSPS) is 21.2. The Morgan fingerprint density at radius 1 is 1.03 bits per heavy atom. The second kappa shape index (κ2) is 6.55. The molecule has 1 aliphatic heterocycles. The molecule has 1 aliphatic carbocycles. The van der Waals surface area contributed by atoms with Crippen molar-refractivity contribution in [2.45, 2.75) is 37.5 Å². The van der Waals surface area contributed by atoms with E-state index in [9.17, 15) is 13.2 Å². The Morgan fingerprint density at radius 3 is 2.59 bits per heavy atom. The number of aryl methyl sites for hydroxylation is 1. The molecule has 1 aromatic heterocycles. The molecule has 0 saturated heterocycles. The first-order valence-corrected chi connectivity index (χ1v) is 10.2. The molecule has 2 aliphatic rings. The van der Waals surface area contributed by atoms with Gasteiger partial charge >= 0.3 is 6.18 Å². The average Bonchev–Trinajstić information content (AvgIpc) is 3.11. The molecule has 0 fully saturated rings. The van der Waals surface area contributed by atoms with E-state index in [4.69, 9.17) is 9.82 Å². The summed E-state index contributed by atoms with van der Waals surface area (Å²) >= 11 is 3.50. The fourth-order valence-corrected chi connectivity index (χ4v) is 4.59. The van der Waals surface area contributed by atoms with Crippen LogP contribution in [0.3, 0.4) is 0 Å². The zero-order chi connectivity index (χ0) is 20.2. The third kappa shape index (κ3) is 3.21. The number of nitrogens with zero attached hydrogens (tertiary/aromatic N) is 2. The van der Waals surface area contributed by atoms with E-state index in [-0.39, 0.29) is 0 Å². The molecule has 3 aromatic rings. The van der Waals surface area contributed by atoms with Crippen LogP contribution in [0.25, 0.3) is 10.9 Å². The maximum Gasteiger partial charge on any atom is 0.416 e. The molecule has 148 valence electrons. The van der Waals surface area contributed by atoms with Gasteiger partial charge in [0.05, 0.1) is 16.8 Å². The molecule has 0 radical (unpaired) electrons. The maximum atomic E-state index is 12.8. The standard InChI is InChI=1S/C22H16BrF3N2O/c23-16-7-8-18-14(10-16)11-17-19(27-18)2-1-9-21(17)12-20(28-29-21)13-3-5-15(6-4-13)22(24,25)26/h3-8,10-11H,1-2,9,12H2/t21-/m0/s1. The maximum absolute atomic E-state index is 12.8. The zero-order valence-corrected chi connectivity index (χ0v) is 16.8. The van der Waals surface area contributed by atoms with Crippen LogP contribution in [0.4, 0.5) is 13.2 Å². The van der Waals surface area contributed by atoms with Gasteiger partial charge in [-0.25, -0.2) is 0 Å². The fourth-order valence-electron chi connectivity index (χ4n) is 4.21. The van der Waals surface area contributed by atoms with E-state index in [0.29, 0.717) is 17.7 Å². The highest BCUT2D eigenvalue weighted by atomic mass is 79.9. The number of aromatic nitrogens is 1. The molecule has 0 amide bonds. The zero-order valence-electron chi connectivity index (χ0n) is 15.3. The van der Waals surface area contributed by atoms with E-state index in [1.54, 1.807) is 0 Å². The van der Waals surface area contributed by atoms with Gasteiger partial charge in [0, 0.05) is 27.5 Å². The van der Waals surface area contributed by atoms with E-state index >= 15 is 0 Å². The number of fused-ring (bicyclic) bond motifs is 3. The van der Waals surface area contributed by atoms with E-state index in [1.165, 1.54) is 12.1 Å². The van der Waals surface area contributed by atoms with Crippen molar-refractivity contribution in [1.82, 2.24) is 4.98 Å². The third-order valence-corrected chi connectivity index (χ3v) is 6.16. The van der Waals surface area contributed by atoms with Crippen LogP contribution >= 0.6 is 15.9 Å². The van der Waals surface area contributed by atoms with E-state index in [2.05, 4.69) is 27.2 Å². The summed E-state index contributed by atoms with van der Waals surface area (Å²) in [6, 6.07) is 13.2. The number of alkyl halides is 3. The molecule has 5 rings (SSSR count). The van der Waals surface area contributed by atoms with Crippen molar-refractivity contribution in [2.75, 3.05) is 0 Å². The van der Waals surface area contributed by atoms with Crippen molar-refractivity contribution in [3.05, 3.63) is 75.4 Å². The Bertz CT molecular complexity index is 1140. The summed E-state index contributed by atoms with van der Waals surface area (Å²) in [5.41, 5.74) is 3.02. The average molecular weight is 461 g/mol. The molecule has 1 atom stereocenters. The molecular weight excluding hydrogens is 445 g/mol. The predicted molar refractivity (Wildman–Crippen MR) is 108 cm³/mol. The molecule has 0 bridgehead atoms. The lowest BCUT2D eigenvalue weighted by Gasteiger charge is -2.33. The van der Waals surface area contributed by atoms with Gasteiger partial charge in [-0.3, -0.25) is 4.98 Å². The minimum atomic E-state index is -4.35. The van der Waals surface area contributed by atoms with Crippen molar-refractivity contribution in [1.29, 1.82) is 0 Å². The molecule has 7 heteroatoms. The minimum Gasteiger partial charge on any atom is -0.384 e. The highest BCUT2D eigenvalue weighted by Crippen LogP contribution is 2.46. The quantitative estimate of drug-likeness (QED) is 0.422. The topological polar surface area (TPSA) is 34.5 Å². The summed E-state index contributed by atoms with van der Waals surface area (Å²) in [7, 11) is 0. The Balaban J connectivity index is 1.50. The predicted octanol–water partition coefficient (Wildman–Crippen LogP) is 6.37. The summed E-state index contributed by atoms with van der Waals surface area (Å²) in [5, 5.41) is 5.29. The summed E-state index contributed by atoms with van der Waals surface area (Å²) in [5.74, 6) is 0. The molecule has 0 unspecified atom stereocenters. The summed E-state index contributed by atoms with van der Waals surface area (Å²) in [4.78, 5) is 10.8. The highest BCUT2D eigenvalue weighted by molar-refractivity contribution is 9.10. The van der Waals surface area contributed by atoms with Gasteiger partial charge < -0.3 is 4.84 Å². The summed E-state index contributed by atoms with van der Waals surface area (Å²) < 4.78 is 39.5. The largest absolute Gasteiger partial charge is 0.416 e. The van der Waals surface area contributed by atoms with Crippen molar-refractivity contribution in [3.8, 4) is 0 Å². The number of hydrogen-bond acceptors (Lipinski definition) is 3. The summed E-state index contributed by atoms with van der Waals surface area (Å²) in [6.45, 7) is 0. The van der Waals surface area contributed by atoms with Crippen LogP contribution in [0.2, 0.25) is 0 Å². The lowest BCUT2D eigenvalue weighted by molar-refractivity contribution is -0.137. The molecule has 0 saturated carbocycles. The smallest absolute Gasteiger partial charge is 0.384 e. The minimum absolute atomic E-state index is 0.520. The first-order valence-electron chi connectivity index (χ1n) is 9.36. The number of benzene rings is 2. The van der Waals surface area contributed by atoms with Crippen LogP contribution in [0, 0.1) is 0 Å². The van der Waals surface area contributed by atoms with Gasteiger partial charge in [-0.15, -0.1) is 0 Å². The molecule has 0 N–H and O–H groups in total. The number of oxime groups is 1. The first-order chi connectivity index (χ1) is 13.8. The van der Waals surface area contributed by atoms with E-state index < -0.39 is 17.3 Å². The number of halogens is 4. The van der Waals surface area contributed by atoms with Gasteiger partial charge in [-0.2, -0.15) is 13.2 Å². The molecular formula is C22H16BrF3N2O. The van der Waals surface area contributed by atoms with E-state index in [0.717, 1.165) is 58.0 Å². The van der Waals surface area contributed by atoms with Crippen LogP contribution < -0.4 is 0 Å². The molecule has 1 spiro atoms. The lowest BCUT2D eigenvalue weighted by atomic mass is 9.77. The lowest BCUT2D eigenvalue weighted by Crippen LogP contribution is -2.31. The molecule has 2 aromatic carbocycles. The fraction of sp³-hybridized carbons (Fsp3) is 0.273. The Kier molecular flexibility index (Phi) is 4.21. The van der Waals surface area contributed by atoms with Crippen molar-refractivity contribution < 1.29 is 18.0 Å². The number of hydrogen-bond donors (Lipinski definition) is 0. The van der Waals surface area contributed by atoms with E-state index in [1.807, 2.05) is 18.2 Å². The summed E-state index contributed by atoms with van der Waals surface area (Å²) in [6.07, 6.45) is -1.22. The van der Waals surface area contributed by atoms with Gasteiger partial charge in [0.15, 0.2) is 5.60 Å². The van der Waals surface area contributed by atoms with Gasteiger partial charge in [-0.1, -0.05) is 33.2 Å². The highest BCUT2D eigenvalue weighted by Gasteiger charge is 2.45. The SMILES string of the molecule is FC(F)(F)c1ccc(C2=NO[C@@]3(CCCc4nc5ccc(Br)cc5cc43)C2)cc1. The Labute approximate surface area is 173 Å². The van der Waals surface area contributed by atoms with Crippen LogP contribution in [0.15, 0.2) is 58.2 Å². The molecule has 2 heterocycles. The second-order valence-corrected chi connectivity index (χ2v) is 8.46. The van der Waals surface area contributed by atoms with Crippen molar-refractivity contribution in [2.24, 2.45) is 5.16 Å². The third-order valence-electron chi connectivity index (χ3n) is 5.67. The number of pyridine rings is 1. The van der Waals surface area contributed by atoms with Crippen molar-refractivity contribution >= 4 is 32.5 Å². The van der Waals surface area contributed by atoms with Gasteiger partial charge in [0.1, 0.15) is 0 Å². The number of rotatable bonds is 1. The Morgan fingerprint density at radius 2 is 1.83 bits per heavy atom. The monoisotopic (exact) mass is 460 g/mol.